The maximum absolute atomic E-state index is 12.9. The standard InChI is InChI=1S/C25H18N2O6S/c1-31-22(28)13-27-18-11-19-20(33-14-32-19)12-21(18)34-25(27)26-24(30)17-9-7-16(8-10-17)23(29)15-5-3-2-4-6-15/h2-12H,13-14H2,1H3. The van der Waals surface area contributed by atoms with E-state index in [-0.39, 0.29) is 19.1 Å². The molecule has 0 fully saturated rings. The van der Waals surface area contributed by atoms with Crippen molar-refractivity contribution < 1.29 is 28.6 Å². The Morgan fingerprint density at radius 3 is 2.29 bits per heavy atom. The van der Waals surface area contributed by atoms with Crippen molar-refractivity contribution in [2.24, 2.45) is 4.99 Å². The van der Waals surface area contributed by atoms with Gasteiger partial charge in [0.1, 0.15) is 6.54 Å². The molecule has 0 saturated heterocycles. The van der Waals surface area contributed by atoms with Crippen LogP contribution >= 0.6 is 11.3 Å². The Labute approximate surface area is 197 Å². The summed E-state index contributed by atoms with van der Waals surface area (Å²) in [5.74, 6) is 0.0457. The molecule has 8 nitrogen and oxygen atoms in total. The first-order valence-electron chi connectivity index (χ1n) is 10.3. The minimum atomic E-state index is -0.496. The molecule has 1 aromatic heterocycles. The van der Waals surface area contributed by atoms with Crippen molar-refractivity contribution in [3.05, 3.63) is 88.2 Å². The van der Waals surface area contributed by atoms with Crippen LogP contribution in [0.2, 0.25) is 0 Å². The minimum absolute atomic E-state index is 0.118. The van der Waals surface area contributed by atoms with E-state index in [0.29, 0.717) is 38.5 Å². The van der Waals surface area contributed by atoms with E-state index in [4.69, 9.17) is 14.2 Å². The van der Waals surface area contributed by atoms with Gasteiger partial charge in [-0.25, -0.2) is 0 Å². The van der Waals surface area contributed by atoms with Crippen molar-refractivity contribution in [3.63, 3.8) is 0 Å². The van der Waals surface area contributed by atoms with Gasteiger partial charge in [0.25, 0.3) is 5.91 Å². The second kappa shape index (κ2) is 8.95. The van der Waals surface area contributed by atoms with Gasteiger partial charge in [-0.05, 0) is 12.1 Å². The maximum atomic E-state index is 12.9. The Morgan fingerprint density at radius 1 is 0.941 bits per heavy atom. The van der Waals surface area contributed by atoms with E-state index in [1.807, 2.05) is 6.07 Å². The number of aromatic nitrogens is 1. The number of nitrogens with zero attached hydrogens (tertiary/aromatic N) is 2. The van der Waals surface area contributed by atoms with Gasteiger partial charge in [0.05, 0.1) is 17.3 Å². The molecule has 0 unspecified atom stereocenters. The summed E-state index contributed by atoms with van der Waals surface area (Å²) in [5.41, 5.74) is 2.04. The van der Waals surface area contributed by atoms with E-state index in [9.17, 15) is 14.4 Å². The molecule has 0 radical (unpaired) electrons. The SMILES string of the molecule is COC(=O)Cn1c(=NC(=O)c2ccc(C(=O)c3ccccc3)cc2)sc2cc3c(cc21)OCO3. The van der Waals surface area contributed by atoms with Gasteiger partial charge in [-0.15, -0.1) is 0 Å². The number of hydrogen-bond donors (Lipinski definition) is 0. The van der Waals surface area contributed by atoms with E-state index >= 15 is 0 Å². The van der Waals surface area contributed by atoms with Crippen molar-refractivity contribution in [2.75, 3.05) is 13.9 Å². The molecule has 1 amide bonds. The Hall–Kier alpha value is -4.24. The Bertz CT molecular complexity index is 1490. The fourth-order valence-corrected chi connectivity index (χ4v) is 4.60. The number of carbonyl (C=O) groups is 3. The van der Waals surface area contributed by atoms with Gasteiger partial charge in [0, 0.05) is 28.8 Å². The highest BCUT2D eigenvalue weighted by molar-refractivity contribution is 7.16. The van der Waals surface area contributed by atoms with Crippen molar-refractivity contribution in [1.82, 2.24) is 4.57 Å². The first-order valence-corrected chi connectivity index (χ1v) is 11.1. The van der Waals surface area contributed by atoms with E-state index in [0.717, 1.165) is 4.70 Å². The van der Waals surface area contributed by atoms with E-state index in [2.05, 4.69) is 4.99 Å². The molecule has 0 spiro atoms. The average molecular weight is 474 g/mol. The number of fused-ring (bicyclic) bond motifs is 2. The molecule has 170 valence electrons. The Balaban J connectivity index is 1.50. The average Bonchev–Trinajstić information content (AvgIpc) is 3.46. The summed E-state index contributed by atoms with van der Waals surface area (Å²) in [7, 11) is 1.30. The molecule has 0 N–H and O–H groups in total. The Morgan fingerprint density at radius 2 is 1.59 bits per heavy atom. The van der Waals surface area contributed by atoms with Crippen LogP contribution in [0.15, 0.2) is 71.7 Å². The fourth-order valence-electron chi connectivity index (χ4n) is 3.56. The number of benzene rings is 3. The second-order valence-corrected chi connectivity index (χ2v) is 8.42. The van der Waals surface area contributed by atoms with Crippen molar-refractivity contribution in [3.8, 4) is 11.5 Å². The zero-order valence-electron chi connectivity index (χ0n) is 18.0. The van der Waals surface area contributed by atoms with Gasteiger partial charge in [0.15, 0.2) is 22.1 Å². The number of ketones is 1. The highest BCUT2D eigenvalue weighted by Crippen LogP contribution is 2.37. The van der Waals surface area contributed by atoms with Crippen LogP contribution in [0.25, 0.3) is 10.2 Å². The molecular weight excluding hydrogens is 456 g/mol. The lowest BCUT2D eigenvalue weighted by Crippen LogP contribution is -2.22. The molecule has 0 saturated carbocycles. The van der Waals surface area contributed by atoms with Gasteiger partial charge < -0.3 is 18.8 Å². The summed E-state index contributed by atoms with van der Waals surface area (Å²) in [6.07, 6.45) is 0. The number of amides is 1. The first-order chi connectivity index (χ1) is 16.5. The molecular formula is C25H18N2O6S. The molecule has 0 aliphatic carbocycles. The third-order valence-electron chi connectivity index (χ3n) is 5.32. The number of hydrogen-bond acceptors (Lipinski definition) is 7. The molecule has 5 rings (SSSR count). The number of thiazole rings is 1. The smallest absolute Gasteiger partial charge is 0.325 e. The van der Waals surface area contributed by atoms with Gasteiger partial charge in [0.2, 0.25) is 6.79 Å². The van der Waals surface area contributed by atoms with Gasteiger partial charge in [-0.1, -0.05) is 53.8 Å². The highest BCUT2D eigenvalue weighted by Gasteiger charge is 2.19. The summed E-state index contributed by atoms with van der Waals surface area (Å²) in [6, 6.07) is 18.8. The van der Waals surface area contributed by atoms with Gasteiger partial charge in [-0.3, -0.25) is 14.4 Å². The molecule has 1 aliphatic heterocycles. The second-order valence-electron chi connectivity index (χ2n) is 7.41. The zero-order chi connectivity index (χ0) is 23.7. The molecule has 0 bridgehead atoms. The zero-order valence-corrected chi connectivity index (χ0v) is 18.8. The van der Waals surface area contributed by atoms with Crippen LogP contribution in [-0.2, 0) is 16.1 Å². The highest BCUT2D eigenvalue weighted by atomic mass is 32.1. The normalized spacial score (nSPS) is 12.7. The third-order valence-corrected chi connectivity index (χ3v) is 6.36. The maximum Gasteiger partial charge on any atom is 0.325 e. The molecule has 1 aliphatic rings. The molecule has 9 heteroatoms. The summed E-state index contributed by atoms with van der Waals surface area (Å²) in [6.45, 7) is 0.00880. The largest absolute Gasteiger partial charge is 0.468 e. The molecule has 3 aromatic carbocycles. The number of esters is 1. The predicted octanol–water partition coefficient (Wildman–Crippen LogP) is 3.58. The number of ether oxygens (including phenoxy) is 3. The number of carbonyl (C=O) groups excluding carboxylic acids is 3. The topological polar surface area (TPSA) is 96.2 Å². The third kappa shape index (κ3) is 4.08. The lowest BCUT2D eigenvalue weighted by molar-refractivity contribution is -0.141. The molecule has 4 aromatic rings. The van der Waals surface area contributed by atoms with Crippen LogP contribution in [0.3, 0.4) is 0 Å². The van der Waals surface area contributed by atoms with Crippen molar-refractivity contribution >= 4 is 39.2 Å². The van der Waals surface area contributed by atoms with Crippen LogP contribution < -0.4 is 14.3 Å². The predicted molar refractivity (Wildman–Crippen MR) is 124 cm³/mol. The summed E-state index contributed by atoms with van der Waals surface area (Å²) >= 11 is 1.25. The fraction of sp³-hybridized carbons (Fsp3) is 0.120. The van der Waals surface area contributed by atoms with Crippen molar-refractivity contribution in [1.29, 1.82) is 0 Å². The quantitative estimate of drug-likeness (QED) is 0.324. The van der Waals surface area contributed by atoms with E-state index in [1.165, 1.54) is 18.4 Å². The summed E-state index contributed by atoms with van der Waals surface area (Å²) < 4.78 is 18.1. The number of rotatable bonds is 5. The van der Waals surface area contributed by atoms with Crippen LogP contribution in [0.5, 0.6) is 11.5 Å². The van der Waals surface area contributed by atoms with E-state index < -0.39 is 11.9 Å². The van der Waals surface area contributed by atoms with Crippen LogP contribution in [0.1, 0.15) is 26.3 Å². The first kappa shape index (κ1) is 21.6. The van der Waals surface area contributed by atoms with Gasteiger partial charge >= 0.3 is 5.97 Å². The van der Waals surface area contributed by atoms with Crippen LogP contribution in [-0.4, -0.2) is 36.1 Å². The number of methoxy groups -OCH3 is 1. The monoisotopic (exact) mass is 474 g/mol. The van der Waals surface area contributed by atoms with E-state index in [1.54, 1.807) is 65.2 Å². The van der Waals surface area contributed by atoms with Crippen LogP contribution in [0.4, 0.5) is 0 Å². The Kier molecular flexibility index (Phi) is 5.69. The lowest BCUT2D eigenvalue weighted by atomic mass is 10.0. The van der Waals surface area contributed by atoms with Crippen LogP contribution in [0, 0.1) is 0 Å². The molecule has 34 heavy (non-hydrogen) atoms. The summed E-state index contributed by atoms with van der Waals surface area (Å²) in [5, 5.41) is 0. The molecule has 2 heterocycles. The minimum Gasteiger partial charge on any atom is -0.468 e. The summed E-state index contributed by atoms with van der Waals surface area (Å²) in [4.78, 5) is 42.2. The molecule has 0 atom stereocenters. The van der Waals surface area contributed by atoms with Gasteiger partial charge in [-0.2, -0.15) is 4.99 Å². The lowest BCUT2D eigenvalue weighted by Gasteiger charge is -2.04. The van der Waals surface area contributed by atoms with Crippen molar-refractivity contribution in [2.45, 2.75) is 6.54 Å².